The van der Waals surface area contributed by atoms with E-state index < -0.39 is 0 Å². The molecule has 7 nitrogen and oxygen atoms in total. The van der Waals surface area contributed by atoms with E-state index in [1.165, 1.54) is 6.26 Å². The predicted octanol–water partition coefficient (Wildman–Crippen LogP) is 0.770. The molecule has 0 spiro atoms. The second kappa shape index (κ2) is 8.46. The Kier molecular flexibility index (Phi) is 5.98. The Labute approximate surface area is 128 Å². The van der Waals surface area contributed by atoms with Gasteiger partial charge in [-0.15, -0.1) is 0 Å². The molecule has 0 aliphatic carbocycles. The zero-order valence-corrected chi connectivity index (χ0v) is 12.4. The number of nitrogens with zero attached hydrogens (tertiary/aromatic N) is 2. The van der Waals surface area contributed by atoms with E-state index in [1.807, 2.05) is 18.2 Å². The Balaban J connectivity index is 1.65. The number of aromatic nitrogens is 1. The monoisotopic (exact) mass is 301 g/mol. The summed E-state index contributed by atoms with van der Waals surface area (Å²) in [6, 6.07) is 9.04. The summed E-state index contributed by atoms with van der Waals surface area (Å²) >= 11 is 0. The summed E-state index contributed by atoms with van der Waals surface area (Å²) in [5.41, 5.74) is 0.927. The maximum Gasteiger partial charge on any atom is 0.287 e. The Morgan fingerprint density at radius 1 is 1.18 bits per heavy atom. The molecule has 2 heterocycles. The van der Waals surface area contributed by atoms with Crippen molar-refractivity contribution in [3.05, 3.63) is 54.2 Å². The third-order valence-corrected chi connectivity index (χ3v) is 2.83. The first kappa shape index (κ1) is 15.6. The van der Waals surface area contributed by atoms with E-state index in [-0.39, 0.29) is 5.91 Å². The number of amides is 1. The highest BCUT2D eigenvalue weighted by Gasteiger charge is 2.06. The van der Waals surface area contributed by atoms with Crippen LogP contribution in [0.25, 0.3) is 0 Å². The van der Waals surface area contributed by atoms with Gasteiger partial charge in [-0.25, -0.2) is 0 Å². The SMILES string of the molecule is CN=C(NCCNC(=O)c1ccco1)NCc1ccccn1. The van der Waals surface area contributed by atoms with Crippen molar-refractivity contribution in [2.24, 2.45) is 4.99 Å². The van der Waals surface area contributed by atoms with Gasteiger partial charge in [0.15, 0.2) is 11.7 Å². The average Bonchev–Trinajstić information content (AvgIpc) is 3.09. The topological polar surface area (TPSA) is 91.5 Å². The highest BCUT2D eigenvalue weighted by atomic mass is 16.3. The van der Waals surface area contributed by atoms with Crippen LogP contribution in [0.3, 0.4) is 0 Å². The zero-order valence-electron chi connectivity index (χ0n) is 12.4. The molecule has 1 amide bonds. The van der Waals surface area contributed by atoms with Gasteiger partial charge in [0.2, 0.25) is 0 Å². The molecule has 0 aliphatic rings. The number of carbonyl (C=O) groups excluding carboxylic acids is 1. The van der Waals surface area contributed by atoms with E-state index in [2.05, 4.69) is 25.9 Å². The number of guanidine groups is 1. The standard InChI is InChI=1S/C15H19N5O2/c1-16-15(20-11-12-5-2-3-7-17-12)19-9-8-18-14(21)13-6-4-10-22-13/h2-7,10H,8-9,11H2,1H3,(H,18,21)(H2,16,19,20). The first-order valence-electron chi connectivity index (χ1n) is 6.95. The second-order valence-corrected chi connectivity index (χ2v) is 4.41. The summed E-state index contributed by atoms with van der Waals surface area (Å²) in [4.78, 5) is 20.0. The lowest BCUT2D eigenvalue weighted by atomic mass is 10.3. The van der Waals surface area contributed by atoms with Crippen molar-refractivity contribution in [1.82, 2.24) is 20.9 Å². The third-order valence-electron chi connectivity index (χ3n) is 2.83. The molecule has 0 aromatic carbocycles. The summed E-state index contributed by atoms with van der Waals surface area (Å²) < 4.78 is 5.01. The minimum Gasteiger partial charge on any atom is -0.459 e. The lowest BCUT2D eigenvalue weighted by Gasteiger charge is -2.11. The number of hydrogen-bond acceptors (Lipinski definition) is 4. The van der Waals surface area contributed by atoms with Crippen LogP contribution in [-0.4, -0.2) is 37.0 Å². The molecule has 3 N–H and O–H groups in total. The molecule has 0 unspecified atom stereocenters. The highest BCUT2D eigenvalue weighted by Crippen LogP contribution is 1.98. The molecule has 0 fully saturated rings. The summed E-state index contributed by atoms with van der Waals surface area (Å²) in [5.74, 6) is 0.721. The molecule has 0 bridgehead atoms. The second-order valence-electron chi connectivity index (χ2n) is 4.41. The van der Waals surface area contributed by atoms with Gasteiger partial charge < -0.3 is 20.4 Å². The highest BCUT2D eigenvalue weighted by molar-refractivity contribution is 5.91. The van der Waals surface area contributed by atoms with Crippen LogP contribution in [0.2, 0.25) is 0 Å². The molecule has 116 valence electrons. The number of aliphatic imine (C=N–C) groups is 1. The Bertz CT molecular complexity index is 596. The van der Waals surface area contributed by atoms with Gasteiger partial charge >= 0.3 is 0 Å². The summed E-state index contributed by atoms with van der Waals surface area (Å²) in [6.07, 6.45) is 3.22. The van der Waals surface area contributed by atoms with E-state index in [0.29, 0.717) is 31.4 Å². The predicted molar refractivity (Wildman–Crippen MR) is 83.5 cm³/mol. The van der Waals surface area contributed by atoms with Gasteiger partial charge in [-0.3, -0.25) is 14.8 Å². The lowest BCUT2D eigenvalue weighted by molar-refractivity contribution is 0.0926. The first-order chi connectivity index (χ1) is 10.8. The number of carbonyl (C=O) groups is 1. The van der Waals surface area contributed by atoms with Crippen molar-refractivity contribution < 1.29 is 9.21 Å². The van der Waals surface area contributed by atoms with Gasteiger partial charge in [0, 0.05) is 26.3 Å². The molecule has 0 aliphatic heterocycles. The molecule has 0 saturated heterocycles. The average molecular weight is 301 g/mol. The molecular weight excluding hydrogens is 282 g/mol. The Hall–Kier alpha value is -2.83. The molecule has 0 radical (unpaired) electrons. The van der Waals surface area contributed by atoms with Gasteiger partial charge in [-0.05, 0) is 24.3 Å². The van der Waals surface area contributed by atoms with Crippen molar-refractivity contribution >= 4 is 11.9 Å². The van der Waals surface area contributed by atoms with Crippen LogP contribution in [-0.2, 0) is 6.54 Å². The lowest BCUT2D eigenvalue weighted by Crippen LogP contribution is -2.41. The maximum atomic E-state index is 11.6. The summed E-state index contributed by atoms with van der Waals surface area (Å²) in [7, 11) is 1.69. The zero-order chi connectivity index (χ0) is 15.6. The van der Waals surface area contributed by atoms with Crippen LogP contribution in [0.15, 0.2) is 52.2 Å². The van der Waals surface area contributed by atoms with Crippen molar-refractivity contribution in [3.63, 3.8) is 0 Å². The smallest absolute Gasteiger partial charge is 0.287 e. The quantitative estimate of drug-likeness (QED) is 0.416. The number of hydrogen-bond donors (Lipinski definition) is 3. The van der Waals surface area contributed by atoms with Gasteiger partial charge in [0.1, 0.15) is 0 Å². The fourth-order valence-corrected chi connectivity index (χ4v) is 1.75. The Morgan fingerprint density at radius 2 is 2.05 bits per heavy atom. The van der Waals surface area contributed by atoms with E-state index >= 15 is 0 Å². The summed E-state index contributed by atoms with van der Waals surface area (Å²) in [6.45, 7) is 1.59. The molecule has 0 saturated carbocycles. The van der Waals surface area contributed by atoms with E-state index in [1.54, 1.807) is 25.4 Å². The molecular formula is C15H19N5O2. The number of furan rings is 1. The van der Waals surface area contributed by atoms with E-state index in [4.69, 9.17) is 4.42 Å². The molecule has 2 aromatic rings. The number of pyridine rings is 1. The van der Waals surface area contributed by atoms with E-state index in [9.17, 15) is 4.79 Å². The van der Waals surface area contributed by atoms with Gasteiger partial charge in [0.25, 0.3) is 5.91 Å². The molecule has 22 heavy (non-hydrogen) atoms. The molecule has 2 rings (SSSR count). The van der Waals surface area contributed by atoms with E-state index in [0.717, 1.165) is 5.69 Å². The van der Waals surface area contributed by atoms with Crippen molar-refractivity contribution in [2.75, 3.05) is 20.1 Å². The normalized spacial score (nSPS) is 11.0. The molecule has 7 heteroatoms. The molecule has 0 atom stereocenters. The van der Waals surface area contributed by atoms with Crippen LogP contribution in [0.1, 0.15) is 16.2 Å². The third kappa shape index (κ3) is 4.93. The number of rotatable bonds is 6. The fraction of sp³-hybridized carbons (Fsp3) is 0.267. The summed E-state index contributed by atoms with van der Waals surface area (Å²) in [5, 5.41) is 9.00. The molecule has 2 aromatic heterocycles. The minimum absolute atomic E-state index is 0.233. The minimum atomic E-state index is -0.233. The van der Waals surface area contributed by atoms with Crippen molar-refractivity contribution in [1.29, 1.82) is 0 Å². The van der Waals surface area contributed by atoms with Crippen molar-refractivity contribution in [3.8, 4) is 0 Å². The van der Waals surface area contributed by atoms with Gasteiger partial charge in [0.05, 0.1) is 18.5 Å². The van der Waals surface area contributed by atoms with Gasteiger partial charge in [-0.2, -0.15) is 0 Å². The maximum absolute atomic E-state index is 11.6. The fourth-order valence-electron chi connectivity index (χ4n) is 1.75. The van der Waals surface area contributed by atoms with Crippen molar-refractivity contribution in [2.45, 2.75) is 6.54 Å². The largest absolute Gasteiger partial charge is 0.459 e. The number of nitrogens with one attached hydrogen (secondary N) is 3. The van der Waals surface area contributed by atoms with Crippen LogP contribution >= 0.6 is 0 Å². The Morgan fingerprint density at radius 3 is 2.73 bits per heavy atom. The van der Waals surface area contributed by atoms with Gasteiger partial charge in [-0.1, -0.05) is 6.07 Å². The van der Waals surface area contributed by atoms with Crippen LogP contribution in [0.4, 0.5) is 0 Å². The van der Waals surface area contributed by atoms with Crippen LogP contribution in [0.5, 0.6) is 0 Å². The first-order valence-corrected chi connectivity index (χ1v) is 6.95. The van der Waals surface area contributed by atoms with Crippen LogP contribution in [0, 0.1) is 0 Å². The van der Waals surface area contributed by atoms with Crippen LogP contribution < -0.4 is 16.0 Å².